The van der Waals surface area contributed by atoms with Crippen molar-refractivity contribution >= 4 is 24.6 Å². The van der Waals surface area contributed by atoms with Crippen LogP contribution in [0.4, 0.5) is 5.82 Å². The Balaban J connectivity index is 1.66. The third kappa shape index (κ3) is 4.18. The number of imidazole rings is 1. The van der Waals surface area contributed by atoms with Crippen LogP contribution in [0.3, 0.4) is 0 Å². The van der Waals surface area contributed by atoms with E-state index >= 15 is 0 Å². The summed E-state index contributed by atoms with van der Waals surface area (Å²) in [4.78, 5) is 30.1. The molecule has 3 aromatic heterocycles. The van der Waals surface area contributed by atoms with Crippen LogP contribution in [0.25, 0.3) is 11.2 Å². The molecule has 10 nitrogen and oxygen atoms in total. The highest BCUT2D eigenvalue weighted by molar-refractivity contribution is 7.51. The Labute approximate surface area is 136 Å². The van der Waals surface area contributed by atoms with Crippen molar-refractivity contribution in [3.8, 4) is 0 Å². The lowest BCUT2D eigenvalue weighted by atomic mass is 10.4. The molecule has 3 N–H and O–H groups in total. The first kappa shape index (κ1) is 16.6. The van der Waals surface area contributed by atoms with E-state index in [1.165, 1.54) is 6.33 Å². The van der Waals surface area contributed by atoms with Crippen LogP contribution in [0.2, 0.25) is 0 Å². The monoisotopic (exact) mass is 353 g/mol. The van der Waals surface area contributed by atoms with Crippen LogP contribution >= 0.6 is 7.60 Å². The van der Waals surface area contributed by atoms with Crippen LogP contribution in [0.1, 0.15) is 5.76 Å². The topological polar surface area (TPSA) is 136 Å². The van der Waals surface area contributed by atoms with Gasteiger partial charge in [0.25, 0.3) is 0 Å². The molecule has 0 bridgehead atoms. The molecule has 0 aromatic carbocycles. The normalized spacial score (nSPS) is 11.9. The maximum absolute atomic E-state index is 10.7. The van der Waals surface area contributed by atoms with Gasteiger partial charge < -0.3 is 28.8 Å². The summed E-state index contributed by atoms with van der Waals surface area (Å²) in [5.41, 5.74) is 1.20. The summed E-state index contributed by atoms with van der Waals surface area (Å²) in [5, 5.41) is 3.14. The highest BCUT2D eigenvalue weighted by Crippen LogP contribution is 2.33. The maximum Gasteiger partial charge on any atom is 0.350 e. The smallest absolute Gasteiger partial charge is 0.350 e. The molecule has 128 valence electrons. The largest absolute Gasteiger partial charge is 0.467 e. The van der Waals surface area contributed by atoms with Crippen molar-refractivity contribution < 1.29 is 23.5 Å². The summed E-state index contributed by atoms with van der Waals surface area (Å²) in [6.07, 6.45) is 3.99. The van der Waals surface area contributed by atoms with Gasteiger partial charge in [-0.25, -0.2) is 15.0 Å². The van der Waals surface area contributed by atoms with E-state index in [1.54, 1.807) is 23.2 Å². The molecule has 0 fully saturated rings. The van der Waals surface area contributed by atoms with E-state index in [4.69, 9.17) is 18.9 Å². The van der Waals surface area contributed by atoms with Crippen molar-refractivity contribution in [1.29, 1.82) is 0 Å². The Bertz CT molecular complexity index is 844. The highest BCUT2D eigenvalue weighted by atomic mass is 31.2. The van der Waals surface area contributed by atoms with Crippen LogP contribution in [0.15, 0.2) is 35.5 Å². The third-order valence-electron chi connectivity index (χ3n) is 3.15. The summed E-state index contributed by atoms with van der Waals surface area (Å²) < 4.78 is 22.7. The summed E-state index contributed by atoms with van der Waals surface area (Å²) in [6, 6.07) is 3.65. The molecule has 0 amide bonds. The first-order valence-corrected chi connectivity index (χ1v) is 8.87. The lowest BCUT2D eigenvalue weighted by Crippen LogP contribution is -2.07. The molecule has 0 spiro atoms. The van der Waals surface area contributed by atoms with Gasteiger partial charge in [-0.2, -0.15) is 0 Å². The molecule has 3 rings (SSSR count). The van der Waals surface area contributed by atoms with Gasteiger partial charge in [0.15, 0.2) is 11.5 Å². The molecule has 0 radical (unpaired) electrons. The predicted octanol–water partition coefficient (Wildman–Crippen LogP) is 1.18. The minimum atomic E-state index is -4.15. The van der Waals surface area contributed by atoms with E-state index in [9.17, 15) is 4.57 Å². The number of nitrogens with one attached hydrogen (secondary N) is 1. The maximum atomic E-state index is 10.7. The van der Waals surface area contributed by atoms with E-state index < -0.39 is 13.9 Å². The SMILES string of the molecule is O=P(O)(O)COCCn1cnc2c(NCc3ccco3)ncnc21. The first-order chi connectivity index (χ1) is 11.5. The summed E-state index contributed by atoms with van der Waals surface area (Å²) in [7, 11) is -4.15. The molecule has 0 atom stereocenters. The van der Waals surface area contributed by atoms with Crippen LogP contribution in [0.5, 0.6) is 0 Å². The summed E-state index contributed by atoms with van der Waals surface area (Å²) in [6.45, 7) is 0.970. The van der Waals surface area contributed by atoms with E-state index in [1.807, 2.05) is 6.07 Å². The van der Waals surface area contributed by atoms with Crippen LogP contribution < -0.4 is 5.32 Å². The second kappa shape index (κ2) is 7.10. The standard InChI is InChI=1S/C13H16N5O5P/c19-24(20,21)9-22-5-3-18-8-17-11-12(15-7-16-13(11)18)14-6-10-2-1-4-23-10/h1-2,4,7-8H,3,5-6,9H2,(H,14,15,16)(H2,19,20,21). The lowest BCUT2D eigenvalue weighted by Gasteiger charge is -2.07. The molecule has 0 aliphatic heterocycles. The van der Waals surface area contributed by atoms with E-state index in [-0.39, 0.29) is 6.61 Å². The Hall–Kier alpha value is -2.26. The Kier molecular flexibility index (Phi) is 4.91. The predicted molar refractivity (Wildman–Crippen MR) is 84.2 cm³/mol. The second-order valence-electron chi connectivity index (χ2n) is 4.97. The highest BCUT2D eigenvalue weighted by Gasteiger charge is 2.13. The van der Waals surface area contributed by atoms with E-state index in [2.05, 4.69) is 20.3 Å². The number of furan rings is 1. The number of hydrogen-bond donors (Lipinski definition) is 3. The Morgan fingerprint density at radius 1 is 1.33 bits per heavy atom. The number of anilines is 1. The molecule has 0 aliphatic carbocycles. The average Bonchev–Trinajstić information content (AvgIpc) is 3.18. The molecular formula is C13H16N5O5P. The number of hydrogen-bond acceptors (Lipinski definition) is 7. The van der Waals surface area contributed by atoms with Gasteiger partial charge in [-0.3, -0.25) is 4.57 Å². The van der Waals surface area contributed by atoms with E-state index in [0.29, 0.717) is 30.1 Å². The summed E-state index contributed by atoms with van der Waals surface area (Å²) in [5.74, 6) is 1.35. The van der Waals surface area contributed by atoms with Gasteiger partial charge in [-0.1, -0.05) is 0 Å². The van der Waals surface area contributed by atoms with Gasteiger partial charge in [0.2, 0.25) is 0 Å². The molecule has 0 aliphatic rings. The first-order valence-electron chi connectivity index (χ1n) is 7.07. The zero-order valence-corrected chi connectivity index (χ0v) is 13.5. The van der Waals surface area contributed by atoms with Crippen molar-refractivity contribution in [3.05, 3.63) is 36.8 Å². The molecule has 3 aromatic rings. The fourth-order valence-electron chi connectivity index (χ4n) is 2.10. The molecular weight excluding hydrogens is 337 g/mol. The fraction of sp³-hybridized carbons (Fsp3) is 0.308. The van der Waals surface area contributed by atoms with Gasteiger partial charge in [0.05, 0.1) is 25.7 Å². The number of rotatable bonds is 8. The minimum Gasteiger partial charge on any atom is -0.467 e. The Morgan fingerprint density at radius 3 is 2.96 bits per heavy atom. The molecule has 0 saturated heterocycles. The molecule has 24 heavy (non-hydrogen) atoms. The molecule has 3 heterocycles. The van der Waals surface area contributed by atoms with Crippen molar-refractivity contribution in [1.82, 2.24) is 19.5 Å². The second-order valence-corrected chi connectivity index (χ2v) is 6.55. The Morgan fingerprint density at radius 2 is 2.21 bits per heavy atom. The van der Waals surface area contributed by atoms with Gasteiger partial charge >= 0.3 is 7.60 Å². The van der Waals surface area contributed by atoms with Gasteiger partial charge in [0, 0.05) is 6.54 Å². The number of fused-ring (bicyclic) bond motifs is 1. The molecule has 11 heteroatoms. The van der Waals surface area contributed by atoms with Crippen molar-refractivity contribution in [2.24, 2.45) is 0 Å². The van der Waals surface area contributed by atoms with Gasteiger partial charge in [0.1, 0.15) is 24.0 Å². The van der Waals surface area contributed by atoms with E-state index in [0.717, 1.165) is 5.76 Å². The fourth-order valence-corrected chi connectivity index (χ4v) is 2.47. The van der Waals surface area contributed by atoms with Crippen LogP contribution in [-0.4, -0.2) is 42.3 Å². The lowest BCUT2D eigenvalue weighted by molar-refractivity contribution is 0.149. The summed E-state index contributed by atoms with van der Waals surface area (Å²) >= 11 is 0. The number of ether oxygens (including phenoxy) is 1. The zero-order valence-electron chi connectivity index (χ0n) is 12.6. The van der Waals surface area contributed by atoms with Crippen molar-refractivity contribution in [2.75, 3.05) is 18.3 Å². The average molecular weight is 353 g/mol. The molecule has 0 unspecified atom stereocenters. The molecule has 0 saturated carbocycles. The van der Waals surface area contributed by atoms with Crippen molar-refractivity contribution in [3.63, 3.8) is 0 Å². The minimum absolute atomic E-state index is 0.135. The van der Waals surface area contributed by atoms with Crippen molar-refractivity contribution in [2.45, 2.75) is 13.1 Å². The third-order valence-corrected chi connectivity index (χ3v) is 3.67. The van der Waals surface area contributed by atoms with Crippen LogP contribution in [-0.2, 0) is 22.4 Å². The number of aromatic nitrogens is 4. The van der Waals surface area contributed by atoms with Gasteiger partial charge in [-0.15, -0.1) is 0 Å². The quantitative estimate of drug-likeness (QED) is 0.403. The number of nitrogens with zero attached hydrogens (tertiary/aromatic N) is 4. The van der Waals surface area contributed by atoms with Gasteiger partial charge in [-0.05, 0) is 12.1 Å². The van der Waals surface area contributed by atoms with Crippen LogP contribution in [0, 0.1) is 0 Å². The zero-order chi connectivity index (χ0) is 17.0.